The van der Waals surface area contributed by atoms with Gasteiger partial charge in [0.1, 0.15) is 0 Å². The Hall–Kier alpha value is -1.07. The second-order valence-electron chi connectivity index (χ2n) is 7.32. The Labute approximate surface area is 154 Å². The van der Waals surface area contributed by atoms with Gasteiger partial charge in [0.2, 0.25) is 0 Å². The molecule has 0 aromatic carbocycles. The van der Waals surface area contributed by atoms with E-state index in [1.165, 1.54) is 58.4 Å². The van der Waals surface area contributed by atoms with Crippen LogP contribution in [-0.2, 0) is 0 Å². The molecule has 2 aliphatic rings. The van der Waals surface area contributed by atoms with Gasteiger partial charge in [0.25, 0.3) is 0 Å². The Morgan fingerprint density at radius 2 is 1.96 bits per heavy atom. The van der Waals surface area contributed by atoms with Gasteiger partial charge in [0, 0.05) is 45.3 Å². The van der Waals surface area contributed by atoms with Crippen molar-refractivity contribution in [2.24, 2.45) is 4.99 Å². The lowest BCUT2D eigenvalue weighted by atomic mass is 9.97. The van der Waals surface area contributed by atoms with Crippen LogP contribution in [0.3, 0.4) is 0 Å². The number of allylic oxidation sites excluding steroid dienone is 1. The molecular formula is C20H39N5. The fraction of sp³-hybridized carbons (Fsp3) is 0.850. The van der Waals surface area contributed by atoms with E-state index in [9.17, 15) is 0 Å². The van der Waals surface area contributed by atoms with Crippen molar-refractivity contribution in [1.82, 2.24) is 20.4 Å². The first-order chi connectivity index (χ1) is 12.2. The van der Waals surface area contributed by atoms with Gasteiger partial charge in [-0.2, -0.15) is 0 Å². The summed E-state index contributed by atoms with van der Waals surface area (Å²) in [6.07, 6.45) is 8.88. The van der Waals surface area contributed by atoms with Crippen molar-refractivity contribution >= 4 is 5.96 Å². The van der Waals surface area contributed by atoms with E-state index in [4.69, 9.17) is 4.99 Å². The Balaban J connectivity index is 1.73. The lowest BCUT2D eigenvalue weighted by Gasteiger charge is -2.37. The number of hydrogen-bond acceptors (Lipinski definition) is 3. The maximum absolute atomic E-state index is 4.83. The summed E-state index contributed by atoms with van der Waals surface area (Å²) in [5.74, 6) is 0.970. The summed E-state index contributed by atoms with van der Waals surface area (Å²) in [7, 11) is 0. The maximum atomic E-state index is 4.83. The molecule has 1 unspecified atom stereocenters. The van der Waals surface area contributed by atoms with Crippen molar-refractivity contribution < 1.29 is 0 Å². The third kappa shape index (κ3) is 7.37. The van der Waals surface area contributed by atoms with Gasteiger partial charge in [-0.05, 0) is 52.5 Å². The van der Waals surface area contributed by atoms with Gasteiger partial charge in [-0.1, -0.05) is 18.6 Å². The van der Waals surface area contributed by atoms with Gasteiger partial charge < -0.3 is 15.5 Å². The minimum atomic E-state index is 0.510. The molecule has 0 radical (unpaired) electrons. The largest absolute Gasteiger partial charge is 0.357 e. The molecule has 2 N–H and O–H groups in total. The molecule has 144 valence electrons. The third-order valence-electron chi connectivity index (χ3n) is 5.46. The van der Waals surface area contributed by atoms with Crippen LogP contribution in [0.25, 0.3) is 0 Å². The molecule has 0 saturated carbocycles. The van der Waals surface area contributed by atoms with E-state index in [0.29, 0.717) is 6.04 Å². The number of nitrogens with zero attached hydrogens (tertiary/aromatic N) is 3. The fourth-order valence-electron chi connectivity index (χ4n) is 3.67. The van der Waals surface area contributed by atoms with Crippen LogP contribution in [0.15, 0.2) is 16.6 Å². The molecule has 1 fully saturated rings. The van der Waals surface area contributed by atoms with Crippen molar-refractivity contribution in [3.05, 3.63) is 11.6 Å². The Morgan fingerprint density at radius 1 is 1.16 bits per heavy atom. The van der Waals surface area contributed by atoms with Crippen LogP contribution >= 0.6 is 0 Å². The number of likely N-dealkylation sites (N-methyl/N-ethyl adjacent to an activating group) is 1. The van der Waals surface area contributed by atoms with E-state index >= 15 is 0 Å². The second-order valence-corrected chi connectivity index (χ2v) is 7.32. The number of aliphatic imine (C=N–C) groups is 1. The van der Waals surface area contributed by atoms with E-state index in [1.807, 2.05) is 0 Å². The molecule has 5 nitrogen and oxygen atoms in total. The monoisotopic (exact) mass is 349 g/mol. The average Bonchev–Trinajstić information content (AvgIpc) is 2.66. The van der Waals surface area contributed by atoms with E-state index < -0.39 is 0 Å². The molecule has 1 aliphatic heterocycles. The molecule has 1 aliphatic carbocycles. The van der Waals surface area contributed by atoms with Gasteiger partial charge in [0.15, 0.2) is 5.96 Å². The molecule has 1 atom stereocenters. The molecule has 2 rings (SSSR count). The van der Waals surface area contributed by atoms with E-state index in [2.05, 4.69) is 47.3 Å². The summed E-state index contributed by atoms with van der Waals surface area (Å²) in [4.78, 5) is 9.93. The molecule has 0 aromatic rings. The topological polar surface area (TPSA) is 42.9 Å². The maximum Gasteiger partial charge on any atom is 0.191 e. The number of rotatable bonds is 8. The van der Waals surface area contributed by atoms with Gasteiger partial charge in [0.05, 0.1) is 6.54 Å². The number of hydrogen-bond donors (Lipinski definition) is 2. The molecule has 25 heavy (non-hydrogen) atoms. The predicted molar refractivity (Wildman–Crippen MR) is 108 cm³/mol. The molecule has 5 heteroatoms. The van der Waals surface area contributed by atoms with Crippen molar-refractivity contribution in [1.29, 1.82) is 0 Å². The van der Waals surface area contributed by atoms with Crippen molar-refractivity contribution in [2.75, 3.05) is 52.4 Å². The number of piperazine rings is 1. The highest BCUT2D eigenvalue weighted by Gasteiger charge is 2.19. The fourth-order valence-corrected chi connectivity index (χ4v) is 3.67. The first-order valence-electron chi connectivity index (χ1n) is 10.4. The second kappa shape index (κ2) is 11.5. The molecule has 1 saturated heterocycles. The van der Waals surface area contributed by atoms with Crippen LogP contribution in [0, 0.1) is 0 Å². The first kappa shape index (κ1) is 20.2. The quantitative estimate of drug-likeness (QED) is 0.401. The highest BCUT2D eigenvalue weighted by Crippen LogP contribution is 2.19. The SMILES string of the molecule is CCNC(=NCC(C)N1CCN(CC)CC1)NCCC1=CCCCC1. The highest BCUT2D eigenvalue weighted by atomic mass is 15.3. The molecular weight excluding hydrogens is 310 g/mol. The highest BCUT2D eigenvalue weighted by molar-refractivity contribution is 5.79. The number of guanidine groups is 1. The summed E-state index contributed by atoms with van der Waals surface area (Å²) in [5.41, 5.74) is 1.62. The molecule has 0 bridgehead atoms. The first-order valence-corrected chi connectivity index (χ1v) is 10.4. The van der Waals surface area contributed by atoms with Crippen LogP contribution in [-0.4, -0.2) is 74.2 Å². The van der Waals surface area contributed by atoms with Gasteiger partial charge in [-0.3, -0.25) is 9.89 Å². The normalized spacial score (nSPS) is 21.7. The summed E-state index contributed by atoms with van der Waals surface area (Å²) >= 11 is 0. The zero-order valence-corrected chi connectivity index (χ0v) is 16.7. The lowest BCUT2D eigenvalue weighted by molar-refractivity contribution is 0.109. The summed E-state index contributed by atoms with van der Waals surface area (Å²) in [5, 5.41) is 6.90. The van der Waals surface area contributed by atoms with Crippen molar-refractivity contribution in [3.8, 4) is 0 Å². The minimum absolute atomic E-state index is 0.510. The van der Waals surface area contributed by atoms with Crippen molar-refractivity contribution in [2.45, 2.75) is 58.9 Å². The van der Waals surface area contributed by atoms with Gasteiger partial charge in [-0.15, -0.1) is 0 Å². The summed E-state index contributed by atoms with van der Waals surface area (Å²) in [6, 6.07) is 0.510. The smallest absolute Gasteiger partial charge is 0.191 e. The average molecular weight is 350 g/mol. The van der Waals surface area contributed by atoms with Crippen LogP contribution in [0.2, 0.25) is 0 Å². The van der Waals surface area contributed by atoms with E-state index in [-0.39, 0.29) is 0 Å². The summed E-state index contributed by atoms with van der Waals surface area (Å²) < 4.78 is 0. The standard InChI is InChI=1S/C20H39N5/c1-4-21-20(22-12-11-19-9-7-6-8-10-19)23-17-18(3)25-15-13-24(5-2)14-16-25/h9,18H,4-8,10-17H2,1-3H3,(H2,21,22,23). The van der Waals surface area contributed by atoms with Crippen LogP contribution < -0.4 is 10.6 Å². The molecule has 0 aromatic heterocycles. The zero-order chi connectivity index (χ0) is 17.9. The number of nitrogens with one attached hydrogen (secondary N) is 2. The van der Waals surface area contributed by atoms with Gasteiger partial charge >= 0.3 is 0 Å². The van der Waals surface area contributed by atoms with Gasteiger partial charge in [-0.25, -0.2) is 0 Å². The van der Waals surface area contributed by atoms with Crippen molar-refractivity contribution in [3.63, 3.8) is 0 Å². The van der Waals surface area contributed by atoms with Crippen LogP contribution in [0.4, 0.5) is 0 Å². The lowest BCUT2D eigenvalue weighted by Crippen LogP contribution is -2.50. The van der Waals surface area contributed by atoms with E-state index in [0.717, 1.165) is 32.0 Å². The predicted octanol–water partition coefficient (Wildman–Crippen LogP) is 2.46. The third-order valence-corrected chi connectivity index (χ3v) is 5.46. The molecule has 1 heterocycles. The van der Waals surface area contributed by atoms with Crippen LogP contribution in [0.5, 0.6) is 0 Å². The Morgan fingerprint density at radius 3 is 2.60 bits per heavy atom. The van der Waals surface area contributed by atoms with E-state index in [1.54, 1.807) is 5.57 Å². The minimum Gasteiger partial charge on any atom is -0.357 e. The zero-order valence-electron chi connectivity index (χ0n) is 16.7. The molecule has 0 spiro atoms. The molecule has 0 amide bonds. The van der Waals surface area contributed by atoms with Crippen LogP contribution in [0.1, 0.15) is 52.9 Å². The Kier molecular flexibility index (Phi) is 9.33. The Bertz CT molecular complexity index is 424. The summed E-state index contributed by atoms with van der Waals surface area (Å²) in [6.45, 7) is 15.4.